The molecule has 3 aromatic rings. The van der Waals surface area contributed by atoms with Gasteiger partial charge in [-0.05, 0) is 48.7 Å². The molecule has 2 nitrogen and oxygen atoms in total. The van der Waals surface area contributed by atoms with Crippen molar-refractivity contribution in [2.75, 3.05) is 0 Å². The molecule has 3 rings (SSSR count). The Balaban J connectivity index is 1.64. The molecular weight excluding hydrogens is 308 g/mol. The van der Waals surface area contributed by atoms with Gasteiger partial charge in [-0.3, -0.25) is 4.79 Å². The number of carbonyl (C=O) groups excluding carboxylic acids is 1. The van der Waals surface area contributed by atoms with E-state index >= 15 is 0 Å². The molecule has 0 radical (unpaired) electrons. The van der Waals surface area contributed by atoms with Crippen LogP contribution in [-0.2, 0) is 17.6 Å². The second kappa shape index (κ2) is 7.80. The topological polar surface area (TPSA) is 26.3 Å². The van der Waals surface area contributed by atoms with Crippen LogP contribution >= 0.6 is 0 Å². The summed E-state index contributed by atoms with van der Waals surface area (Å²) in [6, 6.07) is 23.8. The van der Waals surface area contributed by atoms with Crippen LogP contribution in [0.2, 0.25) is 0 Å². The maximum Gasteiger partial charge on any atom is 0.141 e. The first kappa shape index (κ1) is 17.0. The summed E-state index contributed by atoms with van der Waals surface area (Å²) in [5.74, 6) is 1.86. The zero-order valence-electron chi connectivity index (χ0n) is 14.7. The van der Waals surface area contributed by atoms with Crippen molar-refractivity contribution in [2.24, 2.45) is 0 Å². The van der Waals surface area contributed by atoms with Crippen molar-refractivity contribution in [3.05, 3.63) is 95.1 Å². The van der Waals surface area contributed by atoms with Gasteiger partial charge < -0.3 is 4.74 Å². The van der Waals surface area contributed by atoms with Crippen molar-refractivity contribution in [1.29, 1.82) is 0 Å². The highest BCUT2D eigenvalue weighted by atomic mass is 16.5. The van der Waals surface area contributed by atoms with E-state index in [4.69, 9.17) is 4.74 Å². The van der Waals surface area contributed by atoms with Crippen LogP contribution in [0.15, 0.2) is 72.8 Å². The lowest BCUT2D eigenvalue weighted by Gasteiger charge is -2.10. The van der Waals surface area contributed by atoms with Crippen LogP contribution in [0.1, 0.15) is 22.3 Å². The smallest absolute Gasteiger partial charge is 0.141 e. The van der Waals surface area contributed by atoms with Crippen LogP contribution in [-0.4, -0.2) is 5.78 Å². The Labute approximate surface area is 149 Å². The molecule has 0 saturated carbocycles. The minimum atomic E-state index is 0.222. The average Bonchev–Trinajstić information content (AvgIpc) is 2.60. The quantitative estimate of drug-likeness (QED) is 0.601. The van der Waals surface area contributed by atoms with Crippen LogP contribution in [0.3, 0.4) is 0 Å². The predicted octanol–water partition coefficient (Wildman–Crippen LogP) is 5.45. The summed E-state index contributed by atoms with van der Waals surface area (Å²) in [5.41, 5.74) is 4.33. The van der Waals surface area contributed by atoms with E-state index in [1.165, 1.54) is 5.56 Å². The van der Waals surface area contributed by atoms with E-state index in [1.807, 2.05) is 86.6 Å². The lowest BCUT2D eigenvalue weighted by molar-refractivity contribution is -0.117. The lowest BCUT2D eigenvalue weighted by atomic mass is 10.0. The first-order valence-electron chi connectivity index (χ1n) is 8.50. The number of carbonyl (C=O) groups is 1. The Morgan fingerprint density at radius 3 is 2.12 bits per heavy atom. The molecule has 0 fully saturated rings. The number of hydrogen-bond acceptors (Lipinski definition) is 2. The number of Topliss-reactive ketones (excluding diaryl/α,β-unsaturated/α-hetero) is 1. The van der Waals surface area contributed by atoms with E-state index in [0.29, 0.717) is 12.8 Å². The minimum Gasteiger partial charge on any atom is -0.457 e. The van der Waals surface area contributed by atoms with Crippen LogP contribution in [0.25, 0.3) is 0 Å². The molecular formula is C23H22O2. The second-order valence-corrected chi connectivity index (χ2v) is 6.39. The number of benzene rings is 3. The summed E-state index contributed by atoms with van der Waals surface area (Å²) in [6.07, 6.45) is 0.919. The van der Waals surface area contributed by atoms with Gasteiger partial charge in [0, 0.05) is 12.8 Å². The van der Waals surface area contributed by atoms with E-state index in [1.54, 1.807) is 0 Å². The Kier molecular flexibility index (Phi) is 5.30. The largest absolute Gasteiger partial charge is 0.457 e. The Morgan fingerprint density at radius 1 is 0.800 bits per heavy atom. The summed E-state index contributed by atoms with van der Waals surface area (Å²) in [7, 11) is 0. The maximum atomic E-state index is 12.3. The van der Waals surface area contributed by atoms with Gasteiger partial charge in [-0.2, -0.15) is 0 Å². The summed E-state index contributed by atoms with van der Waals surface area (Å²) in [4.78, 5) is 12.3. The number of ketones is 1. The third-order valence-corrected chi connectivity index (χ3v) is 4.13. The third kappa shape index (κ3) is 4.80. The van der Waals surface area contributed by atoms with Crippen LogP contribution in [0.4, 0.5) is 0 Å². The van der Waals surface area contributed by atoms with Gasteiger partial charge in [0.25, 0.3) is 0 Å². The first-order valence-corrected chi connectivity index (χ1v) is 8.50. The highest BCUT2D eigenvalue weighted by Gasteiger charge is 2.08. The molecule has 126 valence electrons. The molecule has 25 heavy (non-hydrogen) atoms. The van der Waals surface area contributed by atoms with E-state index in [2.05, 4.69) is 0 Å². The van der Waals surface area contributed by atoms with Gasteiger partial charge >= 0.3 is 0 Å². The number of rotatable bonds is 6. The summed E-state index contributed by atoms with van der Waals surface area (Å²) >= 11 is 0. The number of ether oxygens (including phenoxy) is 1. The van der Waals surface area contributed by atoms with Crippen molar-refractivity contribution in [1.82, 2.24) is 0 Å². The monoisotopic (exact) mass is 330 g/mol. The summed E-state index contributed by atoms with van der Waals surface area (Å²) in [6.45, 7) is 4.06. The van der Waals surface area contributed by atoms with Gasteiger partial charge in [-0.15, -0.1) is 0 Å². The van der Waals surface area contributed by atoms with Crippen LogP contribution < -0.4 is 4.74 Å². The van der Waals surface area contributed by atoms with Crippen LogP contribution in [0.5, 0.6) is 11.5 Å². The average molecular weight is 330 g/mol. The highest BCUT2D eigenvalue weighted by molar-refractivity contribution is 5.83. The fourth-order valence-electron chi connectivity index (χ4n) is 2.78. The Morgan fingerprint density at radius 2 is 1.44 bits per heavy atom. The highest BCUT2D eigenvalue weighted by Crippen LogP contribution is 2.25. The standard InChI is InChI=1S/C23H22O2/c1-17-8-10-19(11-9-17)15-21(24)16-20-12-13-23(18(2)14-20)25-22-6-4-3-5-7-22/h3-14H,15-16H2,1-2H3. The maximum absolute atomic E-state index is 12.3. The van der Waals surface area contributed by atoms with Crippen molar-refractivity contribution in [3.63, 3.8) is 0 Å². The first-order chi connectivity index (χ1) is 12.1. The van der Waals surface area contributed by atoms with E-state index in [-0.39, 0.29) is 5.78 Å². The van der Waals surface area contributed by atoms with Crippen molar-refractivity contribution >= 4 is 5.78 Å². The second-order valence-electron chi connectivity index (χ2n) is 6.39. The molecule has 0 aliphatic carbocycles. The van der Waals surface area contributed by atoms with Crippen LogP contribution in [0, 0.1) is 13.8 Å². The third-order valence-electron chi connectivity index (χ3n) is 4.13. The van der Waals surface area contributed by atoms with E-state index in [9.17, 15) is 4.79 Å². The molecule has 0 bridgehead atoms. The summed E-state index contributed by atoms with van der Waals surface area (Å²) in [5, 5.41) is 0. The Bertz CT molecular complexity index is 849. The zero-order valence-corrected chi connectivity index (χ0v) is 14.7. The van der Waals surface area contributed by atoms with Gasteiger partial charge in [0.15, 0.2) is 0 Å². The lowest BCUT2D eigenvalue weighted by Crippen LogP contribution is -2.06. The van der Waals surface area contributed by atoms with Gasteiger partial charge in [0.1, 0.15) is 17.3 Å². The molecule has 0 N–H and O–H groups in total. The minimum absolute atomic E-state index is 0.222. The molecule has 0 aliphatic rings. The SMILES string of the molecule is Cc1ccc(CC(=O)Cc2ccc(Oc3ccccc3)c(C)c2)cc1. The van der Waals surface area contributed by atoms with Gasteiger partial charge in [-0.1, -0.05) is 60.2 Å². The molecule has 0 aliphatic heterocycles. The molecule has 2 heteroatoms. The zero-order chi connectivity index (χ0) is 17.6. The molecule has 3 aromatic carbocycles. The van der Waals surface area contributed by atoms with Crippen molar-refractivity contribution < 1.29 is 9.53 Å². The van der Waals surface area contributed by atoms with E-state index in [0.717, 1.165) is 28.2 Å². The normalized spacial score (nSPS) is 10.5. The number of hydrogen-bond donors (Lipinski definition) is 0. The molecule has 0 saturated heterocycles. The Hall–Kier alpha value is -2.87. The van der Waals surface area contributed by atoms with Crippen molar-refractivity contribution in [2.45, 2.75) is 26.7 Å². The molecule has 0 aromatic heterocycles. The summed E-state index contributed by atoms with van der Waals surface area (Å²) < 4.78 is 5.89. The van der Waals surface area contributed by atoms with Gasteiger partial charge in [0.2, 0.25) is 0 Å². The van der Waals surface area contributed by atoms with E-state index < -0.39 is 0 Å². The van der Waals surface area contributed by atoms with Gasteiger partial charge in [-0.25, -0.2) is 0 Å². The molecule has 0 spiro atoms. The fourth-order valence-corrected chi connectivity index (χ4v) is 2.78. The van der Waals surface area contributed by atoms with Crippen molar-refractivity contribution in [3.8, 4) is 11.5 Å². The molecule has 0 atom stereocenters. The molecule has 0 unspecified atom stereocenters. The fraction of sp³-hybridized carbons (Fsp3) is 0.174. The molecule has 0 heterocycles. The molecule has 0 amide bonds. The predicted molar refractivity (Wildman–Crippen MR) is 101 cm³/mol. The number of para-hydroxylation sites is 1. The number of aryl methyl sites for hydroxylation is 2. The van der Waals surface area contributed by atoms with Gasteiger partial charge in [0.05, 0.1) is 0 Å².